The Hall–Kier alpha value is -0.770. The van der Waals surface area contributed by atoms with E-state index < -0.39 is 6.09 Å². The molecule has 0 aliphatic rings. The van der Waals surface area contributed by atoms with Crippen LogP contribution in [-0.4, -0.2) is 25.3 Å². The van der Waals surface area contributed by atoms with Gasteiger partial charge in [-0.25, -0.2) is 4.79 Å². The average molecular weight is 160 g/mol. The van der Waals surface area contributed by atoms with Crippen molar-refractivity contribution in [1.29, 1.82) is 0 Å². The summed E-state index contributed by atoms with van der Waals surface area (Å²) in [6.45, 7) is 5.38. The van der Waals surface area contributed by atoms with Crippen molar-refractivity contribution >= 4 is 6.09 Å². The molecule has 0 atom stereocenters. The van der Waals surface area contributed by atoms with Gasteiger partial charge in [-0.15, -0.1) is 0 Å². The first-order valence-corrected chi connectivity index (χ1v) is 3.78. The molecule has 4 heteroatoms. The fourth-order valence-electron chi connectivity index (χ4n) is 0.636. The quantitative estimate of drug-likeness (QED) is 0.574. The van der Waals surface area contributed by atoms with Gasteiger partial charge in [0, 0.05) is 6.04 Å². The van der Waals surface area contributed by atoms with Crippen LogP contribution in [0, 0.1) is 0 Å². The molecular weight excluding hydrogens is 144 g/mol. The number of nitrogens with two attached hydrogens (primary N) is 1. The number of nitrogens with one attached hydrogen (secondary N) is 1. The maximum absolute atomic E-state index is 10.1. The summed E-state index contributed by atoms with van der Waals surface area (Å²) in [6, 6.07) is 0.476. The standard InChI is InChI=1S/C7H16N2O2/c1-6(2)9-4-3-5-11-7(8)10/h6,9H,3-5H2,1-2H3,(H2,8,10). The molecule has 0 bridgehead atoms. The van der Waals surface area contributed by atoms with Crippen molar-refractivity contribution in [2.75, 3.05) is 13.2 Å². The Labute approximate surface area is 67.1 Å². The molecule has 0 aliphatic carbocycles. The number of carbonyl (C=O) groups excluding carboxylic acids is 1. The largest absolute Gasteiger partial charge is 0.450 e. The van der Waals surface area contributed by atoms with E-state index in [1.54, 1.807) is 0 Å². The van der Waals surface area contributed by atoms with E-state index in [4.69, 9.17) is 5.73 Å². The monoisotopic (exact) mass is 160 g/mol. The van der Waals surface area contributed by atoms with E-state index in [1.807, 2.05) is 0 Å². The Kier molecular flexibility index (Phi) is 5.56. The van der Waals surface area contributed by atoms with Crippen LogP contribution >= 0.6 is 0 Å². The van der Waals surface area contributed by atoms with Gasteiger partial charge in [0.15, 0.2) is 0 Å². The second kappa shape index (κ2) is 5.97. The highest BCUT2D eigenvalue weighted by Crippen LogP contribution is 1.82. The van der Waals surface area contributed by atoms with Gasteiger partial charge in [0.25, 0.3) is 0 Å². The molecule has 3 N–H and O–H groups in total. The topological polar surface area (TPSA) is 64.3 Å². The zero-order valence-corrected chi connectivity index (χ0v) is 7.09. The minimum atomic E-state index is -0.699. The lowest BCUT2D eigenvalue weighted by Crippen LogP contribution is -2.25. The summed E-state index contributed by atoms with van der Waals surface area (Å²) in [5, 5.41) is 3.19. The third kappa shape index (κ3) is 9.23. The van der Waals surface area contributed by atoms with Gasteiger partial charge in [-0.2, -0.15) is 0 Å². The van der Waals surface area contributed by atoms with Gasteiger partial charge >= 0.3 is 6.09 Å². The second-order valence-corrected chi connectivity index (χ2v) is 2.63. The van der Waals surface area contributed by atoms with Gasteiger partial charge in [-0.1, -0.05) is 13.8 Å². The first kappa shape index (κ1) is 10.2. The normalized spacial score (nSPS) is 10.1. The average Bonchev–Trinajstić information content (AvgIpc) is 1.85. The summed E-state index contributed by atoms with van der Waals surface area (Å²) in [6.07, 6.45) is 0.107. The molecule has 0 unspecified atom stereocenters. The molecule has 0 radical (unpaired) electrons. The van der Waals surface area contributed by atoms with E-state index in [0.29, 0.717) is 12.6 Å². The number of ether oxygens (including phenoxy) is 1. The summed E-state index contributed by atoms with van der Waals surface area (Å²) < 4.78 is 4.52. The van der Waals surface area contributed by atoms with E-state index >= 15 is 0 Å². The van der Waals surface area contributed by atoms with Crippen molar-refractivity contribution in [3.8, 4) is 0 Å². The summed E-state index contributed by atoms with van der Waals surface area (Å²) in [7, 11) is 0. The molecule has 4 nitrogen and oxygen atoms in total. The maximum atomic E-state index is 10.1. The SMILES string of the molecule is CC(C)NCCCOC(N)=O. The summed E-state index contributed by atoms with van der Waals surface area (Å²) in [5.74, 6) is 0. The molecule has 0 heterocycles. The van der Waals surface area contributed by atoms with Crippen LogP contribution in [0.4, 0.5) is 4.79 Å². The Morgan fingerprint density at radius 1 is 1.64 bits per heavy atom. The number of amides is 1. The van der Waals surface area contributed by atoms with Crippen LogP contribution in [0.1, 0.15) is 20.3 Å². The highest BCUT2D eigenvalue weighted by atomic mass is 16.5. The molecular formula is C7H16N2O2. The zero-order valence-electron chi connectivity index (χ0n) is 7.09. The molecule has 0 aromatic heterocycles. The lowest BCUT2D eigenvalue weighted by atomic mass is 10.3. The van der Waals surface area contributed by atoms with Crippen LogP contribution in [-0.2, 0) is 4.74 Å². The van der Waals surface area contributed by atoms with E-state index in [1.165, 1.54) is 0 Å². The third-order valence-corrected chi connectivity index (χ3v) is 1.12. The van der Waals surface area contributed by atoms with E-state index in [-0.39, 0.29) is 0 Å². The predicted molar refractivity (Wildman–Crippen MR) is 43.3 cm³/mol. The zero-order chi connectivity index (χ0) is 8.69. The fourth-order valence-corrected chi connectivity index (χ4v) is 0.636. The Balaban J connectivity index is 2.97. The van der Waals surface area contributed by atoms with Crippen molar-refractivity contribution in [2.45, 2.75) is 26.3 Å². The van der Waals surface area contributed by atoms with Gasteiger partial charge in [0.2, 0.25) is 0 Å². The molecule has 1 amide bonds. The van der Waals surface area contributed by atoms with Crippen LogP contribution in [0.15, 0.2) is 0 Å². The van der Waals surface area contributed by atoms with Gasteiger partial charge in [-0.3, -0.25) is 0 Å². The Morgan fingerprint density at radius 3 is 2.73 bits per heavy atom. The minimum Gasteiger partial charge on any atom is -0.450 e. The molecule has 0 saturated carbocycles. The summed E-state index contributed by atoms with van der Waals surface area (Å²) in [4.78, 5) is 10.1. The van der Waals surface area contributed by atoms with Crippen molar-refractivity contribution in [3.05, 3.63) is 0 Å². The summed E-state index contributed by atoms with van der Waals surface area (Å²) >= 11 is 0. The smallest absolute Gasteiger partial charge is 0.404 e. The first-order valence-electron chi connectivity index (χ1n) is 3.78. The number of carbonyl (C=O) groups is 1. The van der Waals surface area contributed by atoms with E-state index in [0.717, 1.165) is 13.0 Å². The molecule has 0 fully saturated rings. The molecule has 0 saturated heterocycles. The lowest BCUT2D eigenvalue weighted by Gasteiger charge is -2.06. The molecule has 0 aromatic carbocycles. The number of hydrogen-bond acceptors (Lipinski definition) is 3. The predicted octanol–water partition coefficient (Wildman–Crippen LogP) is 0.470. The molecule has 0 aromatic rings. The maximum Gasteiger partial charge on any atom is 0.404 e. The van der Waals surface area contributed by atoms with Crippen LogP contribution < -0.4 is 11.1 Å². The number of rotatable bonds is 5. The van der Waals surface area contributed by atoms with Crippen LogP contribution in [0.5, 0.6) is 0 Å². The van der Waals surface area contributed by atoms with Gasteiger partial charge < -0.3 is 15.8 Å². The van der Waals surface area contributed by atoms with E-state index in [2.05, 4.69) is 23.9 Å². The van der Waals surface area contributed by atoms with Crippen molar-refractivity contribution in [3.63, 3.8) is 0 Å². The van der Waals surface area contributed by atoms with Gasteiger partial charge in [-0.05, 0) is 13.0 Å². The van der Waals surface area contributed by atoms with Crippen molar-refractivity contribution in [1.82, 2.24) is 5.32 Å². The van der Waals surface area contributed by atoms with Crippen LogP contribution in [0.3, 0.4) is 0 Å². The number of primary amides is 1. The van der Waals surface area contributed by atoms with Crippen molar-refractivity contribution in [2.24, 2.45) is 5.73 Å². The van der Waals surface area contributed by atoms with Crippen LogP contribution in [0.25, 0.3) is 0 Å². The Bertz CT molecular complexity index is 115. The number of hydrogen-bond donors (Lipinski definition) is 2. The molecule has 66 valence electrons. The lowest BCUT2D eigenvalue weighted by molar-refractivity contribution is 0.155. The molecule has 0 aliphatic heterocycles. The third-order valence-electron chi connectivity index (χ3n) is 1.12. The molecule has 0 spiro atoms. The van der Waals surface area contributed by atoms with Crippen LogP contribution in [0.2, 0.25) is 0 Å². The van der Waals surface area contributed by atoms with Crippen molar-refractivity contribution < 1.29 is 9.53 Å². The Morgan fingerprint density at radius 2 is 2.27 bits per heavy atom. The highest BCUT2D eigenvalue weighted by Gasteiger charge is 1.94. The molecule has 0 rings (SSSR count). The second-order valence-electron chi connectivity index (χ2n) is 2.63. The van der Waals surface area contributed by atoms with Gasteiger partial charge in [0.1, 0.15) is 0 Å². The fraction of sp³-hybridized carbons (Fsp3) is 0.857. The first-order chi connectivity index (χ1) is 5.13. The van der Waals surface area contributed by atoms with Gasteiger partial charge in [0.05, 0.1) is 6.61 Å². The minimum absolute atomic E-state index is 0.398. The van der Waals surface area contributed by atoms with E-state index in [9.17, 15) is 4.79 Å². The highest BCUT2D eigenvalue weighted by molar-refractivity contribution is 5.64. The molecule has 11 heavy (non-hydrogen) atoms. The summed E-state index contributed by atoms with van der Waals surface area (Å²) in [5.41, 5.74) is 4.75.